The van der Waals surface area contributed by atoms with E-state index in [2.05, 4.69) is 4.98 Å². The first-order chi connectivity index (χ1) is 11.8. The quantitative estimate of drug-likeness (QED) is 0.411. The summed E-state index contributed by atoms with van der Waals surface area (Å²) in [7, 11) is 0. The standard InChI is InChI=1S/C12H5N5O8.Na/c18-14(19)9-7-5-3-1-2-4-6(5)13-8(7)10(15(20)21)12(17(24)25)11(9)16(22)23;/h1-4,13H;. The summed E-state index contributed by atoms with van der Waals surface area (Å²) in [5.74, 6) is 0. The molecule has 1 aromatic heterocycles. The summed E-state index contributed by atoms with van der Waals surface area (Å²) < 4.78 is 0. The van der Waals surface area contributed by atoms with Crippen LogP contribution in [0, 0.1) is 40.5 Å². The van der Waals surface area contributed by atoms with Crippen LogP contribution in [0.1, 0.15) is 0 Å². The molecule has 0 saturated heterocycles. The number of para-hydroxylation sites is 1. The molecule has 0 fully saturated rings. The van der Waals surface area contributed by atoms with Gasteiger partial charge in [-0.1, -0.05) is 18.2 Å². The van der Waals surface area contributed by atoms with E-state index >= 15 is 0 Å². The van der Waals surface area contributed by atoms with Crippen LogP contribution < -0.4 is 0 Å². The Bertz CT molecular complexity index is 1120. The van der Waals surface area contributed by atoms with Crippen molar-refractivity contribution in [1.82, 2.24) is 4.98 Å². The first-order valence-electron chi connectivity index (χ1n) is 6.43. The molecule has 26 heavy (non-hydrogen) atoms. The van der Waals surface area contributed by atoms with Crippen molar-refractivity contribution in [2.75, 3.05) is 0 Å². The van der Waals surface area contributed by atoms with Gasteiger partial charge in [0.2, 0.25) is 0 Å². The minimum Gasteiger partial charge on any atom is -0.348 e. The predicted octanol–water partition coefficient (Wildman–Crippen LogP) is 2.57. The van der Waals surface area contributed by atoms with Crippen LogP contribution in [-0.2, 0) is 0 Å². The molecule has 3 rings (SSSR count). The van der Waals surface area contributed by atoms with Gasteiger partial charge in [0.15, 0.2) is 0 Å². The summed E-state index contributed by atoms with van der Waals surface area (Å²) in [4.78, 5) is 42.8. The number of H-pyrrole nitrogens is 1. The molecular formula is C12H5N5NaO8. The molecule has 0 unspecified atom stereocenters. The van der Waals surface area contributed by atoms with Crippen molar-refractivity contribution in [3.63, 3.8) is 0 Å². The molecule has 127 valence electrons. The summed E-state index contributed by atoms with van der Waals surface area (Å²) in [5.41, 5.74) is -5.75. The zero-order valence-corrected chi connectivity index (χ0v) is 14.9. The van der Waals surface area contributed by atoms with Gasteiger partial charge >= 0.3 is 22.7 Å². The van der Waals surface area contributed by atoms with Crippen LogP contribution in [0.3, 0.4) is 0 Å². The number of nitro benzene ring substituents is 4. The minimum atomic E-state index is -1.54. The summed E-state index contributed by atoms with van der Waals surface area (Å²) in [6, 6.07) is 5.79. The fourth-order valence-corrected chi connectivity index (χ4v) is 2.73. The summed E-state index contributed by atoms with van der Waals surface area (Å²) in [6.45, 7) is 0. The van der Waals surface area contributed by atoms with Gasteiger partial charge in [-0.2, -0.15) is 0 Å². The molecule has 0 aliphatic carbocycles. The van der Waals surface area contributed by atoms with Crippen LogP contribution in [0.4, 0.5) is 22.7 Å². The SMILES string of the molecule is O=[N+]([O-])c1c([N+](=O)[O-])c([N+](=O)[O-])c2c([nH]c3ccccc32)c1[N+](=O)[O-].[Na]. The largest absolute Gasteiger partial charge is 0.432 e. The molecule has 0 spiro atoms. The Balaban J connectivity index is 0.00000243. The molecule has 0 amide bonds. The molecule has 1 radical (unpaired) electrons. The van der Waals surface area contributed by atoms with Crippen molar-refractivity contribution in [2.45, 2.75) is 0 Å². The van der Waals surface area contributed by atoms with Gasteiger partial charge < -0.3 is 4.98 Å². The molecule has 1 N–H and O–H groups in total. The van der Waals surface area contributed by atoms with Gasteiger partial charge in [0, 0.05) is 40.5 Å². The third-order valence-electron chi connectivity index (χ3n) is 3.58. The maximum Gasteiger partial charge on any atom is 0.432 e. The first-order valence-corrected chi connectivity index (χ1v) is 6.43. The molecule has 3 aromatic rings. The molecule has 0 aliphatic heterocycles. The van der Waals surface area contributed by atoms with Crippen molar-refractivity contribution < 1.29 is 19.7 Å². The molecule has 13 nitrogen and oxygen atoms in total. The number of nitrogens with one attached hydrogen (secondary N) is 1. The number of nitrogens with zero attached hydrogens (tertiary/aromatic N) is 4. The van der Waals surface area contributed by atoms with Gasteiger partial charge in [0.25, 0.3) is 0 Å². The van der Waals surface area contributed by atoms with Crippen LogP contribution in [-0.4, -0.2) is 54.2 Å². The second kappa shape index (κ2) is 6.62. The van der Waals surface area contributed by atoms with Crippen molar-refractivity contribution in [1.29, 1.82) is 0 Å². The molecule has 1 heterocycles. The van der Waals surface area contributed by atoms with Gasteiger partial charge in [-0.25, -0.2) is 0 Å². The van der Waals surface area contributed by atoms with E-state index < -0.39 is 53.3 Å². The minimum absolute atomic E-state index is 0. The summed E-state index contributed by atoms with van der Waals surface area (Å²) >= 11 is 0. The molecule has 0 atom stereocenters. The maximum absolute atomic E-state index is 11.4. The number of hydrogen-bond donors (Lipinski definition) is 1. The normalized spacial score (nSPS) is 10.5. The van der Waals surface area contributed by atoms with Crippen LogP contribution >= 0.6 is 0 Å². The monoisotopic (exact) mass is 370 g/mol. The average molecular weight is 370 g/mol. The molecule has 0 aliphatic rings. The van der Waals surface area contributed by atoms with Crippen molar-refractivity contribution in [3.8, 4) is 0 Å². The van der Waals surface area contributed by atoms with E-state index in [1.807, 2.05) is 0 Å². The van der Waals surface area contributed by atoms with E-state index in [4.69, 9.17) is 0 Å². The van der Waals surface area contributed by atoms with E-state index in [1.54, 1.807) is 0 Å². The number of fused-ring (bicyclic) bond motifs is 3. The predicted molar refractivity (Wildman–Crippen MR) is 88.2 cm³/mol. The summed E-state index contributed by atoms with van der Waals surface area (Å²) in [5, 5.41) is 45.0. The third-order valence-corrected chi connectivity index (χ3v) is 3.58. The number of hydrogen-bond acceptors (Lipinski definition) is 8. The molecule has 0 saturated carbocycles. The Morgan fingerprint density at radius 2 is 1.15 bits per heavy atom. The van der Waals surface area contributed by atoms with Gasteiger partial charge in [0.05, 0.1) is 19.7 Å². The number of nitro groups is 4. The second-order valence-electron chi connectivity index (χ2n) is 4.84. The van der Waals surface area contributed by atoms with Crippen molar-refractivity contribution in [3.05, 3.63) is 64.7 Å². The molecule has 14 heteroatoms. The molecular weight excluding hydrogens is 365 g/mol. The van der Waals surface area contributed by atoms with Crippen LogP contribution in [0.25, 0.3) is 21.8 Å². The Morgan fingerprint density at radius 3 is 1.65 bits per heavy atom. The Kier molecular flexibility index (Phi) is 4.88. The average Bonchev–Trinajstić information content (AvgIpc) is 2.90. The second-order valence-corrected chi connectivity index (χ2v) is 4.84. The number of aromatic amines is 1. The smallest absolute Gasteiger partial charge is 0.348 e. The number of benzene rings is 2. The zero-order chi connectivity index (χ0) is 18.5. The fourth-order valence-electron chi connectivity index (χ4n) is 2.73. The van der Waals surface area contributed by atoms with Gasteiger partial charge in [-0.3, -0.25) is 40.5 Å². The number of rotatable bonds is 4. The first kappa shape index (κ1) is 19.2. The third kappa shape index (κ3) is 2.63. The van der Waals surface area contributed by atoms with E-state index in [1.165, 1.54) is 24.3 Å². The van der Waals surface area contributed by atoms with Crippen LogP contribution in [0.15, 0.2) is 24.3 Å². The Morgan fingerprint density at radius 1 is 0.692 bits per heavy atom. The van der Waals surface area contributed by atoms with Crippen LogP contribution in [0.2, 0.25) is 0 Å². The zero-order valence-electron chi connectivity index (χ0n) is 12.9. The summed E-state index contributed by atoms with van der Waals surface area (Å²) in [6.07, 6.45) is 0. The van der Waals surface area contributed by atoms with E-state index in [9.17, 15) is 40.5 Å². The van der Waals surface area contributed by atoms with Crippen molar-refractivity contribution in [2.24, 2.45) is 0 Å². The topological polar surface area (TPSA) is 188 Å². The van der Waals surface area contributed by atoms with Crippen LogP contribution in [0.5, 0.6) is 0 Å². The van der Waals surface area contributed by atoms with Gasteiger partial charge in [-0.05, 0) is 6.07 Å². The van der Waals surface area contributed by atoms with E-state index in [-0.39, 0.29) is 40.5 Å². The molecule has 2 aromatic carbocycles. The fraction of sp³-hybridized carbons (Fsp3) is 0. The van der Waals surface area contributed by atoms with Gasteiger partial charge in [0.1, 0.15) is 10.9 Å². The van der Waals surface area contributed by atoms with Gasteiger partial charge in [-0.15, -0.1) is 0 Å². The Hall–Kier alpha value is -3.16. The van der Waals surface area contributed by atoms with E-state index in [0.29, 0.717) is 0 Å². The molecule has 0 bridgehead atoms. The van der Waals surface area contributed by atoms with Crippen molar-refractivity contribution >= 4 is 74.1 Å². The maximum atomic E-state index is 11.4. The Labute approximate surface area is 163 Å². The van der Waals surface area contributed by atoms with E-state index in [0.717, 1.165) is 0 Å². The number of aromatic nitrogens is 1.